The minimum Gasteiger partial charge on any atom is -0.324 e. The summed E-state index contributed by atoms with van der Waals surface area (Å²) in [5, 5.41) is 2.80. The van der Waals surface area contributed by atoms with Crippen molar-refractivity contribution in [2.45, 2.75) is 19.8 Å². The third-order valence-corrected chi connectivity index (χ3v) is 1.97. The lowest BCUT2D eigenvalue weighted by atomic mass is 10.1. The Kier molecular flexibility index (Phi) is 1.57. The summed E-state index contributed by atoms with van der Waals surface area (Å²) >= 11 is 0. The molecule has 2 rings (SSSR count). The first-order valence-electron chi connectivity index (χ1n) is 4.01. The number of carbonyl (C=O) groups is 1. The molecule has 0 spiro atoms. The molecule has 1 aromatic rings. The molecule has 3 nitrogen and oxygen atoms in total. The topological polar surface area (TPSA) is 42.0 Å². The molecule has 0 bridgehead atoms. The number of hydrogen-bond acceptors (Lipinski definition) is 2. The van der Waals surface area contributed by atoms with Crippen molar-refractivity contribution in [2.75, 3.05) is 5.32 Å². The van der Waals surface area contributed by atoms with E-state index in [1.54, 1.807) is 0 Å². The average Bonchev–Trinajstić information content (AvgIpc) is 2.03. The lowest BCUT2D eigenvalue weighted by Gasteiger charge is -2.15. The normalized spacial score (nSPS) is 15.2. The van der Waals surface area contributed by atoms with Crippen molar-refractivity contribution in [3.63, 3.8) is 0 Å². The molecule has 0 fully saturated rings. The molecule has 62 valence electrons. The molecule has 2 heterocycles. The van der Waals surface area contributed by atoms with E-state index in [1.807, 2.05) is 19.2 Å². The zero-order valence-corrected chi connectivity index (χ0v) is 6.92. The fourth-order valence-corrected chi connectivity index (χ4v) is 1.35. The number of aromatic nitrogens is 1. The first-order chi connectivity index (χ1) is 5.75. The van der Waals surface area contributed by atoms with Crippen molar-refractivity contribution in [3.8, 4) is 0 Å². The Bertz CT molecular complexity index is 333. The maximum absolute atomic E-state index is 11.0. The van der Waals surface area contributed by atoms with Gasteiger partial charge in [-0.15, -0.1) is 0 Å². The van der Waals surface area contributed by atoms with Crippen molar-refractivity contribution in [1.82, 2.24) is 4.98 Å². The Labute approximate surface area is 70.8 Å². The summed E-state index contributed by atoms with van der Waals surface area (Å²) in [5.74, 6) is 0.0925. The number of amides is 1. The lowest BCUT2D eigenvalue weighted by molar-refractivity contribution is -0.116. The van der Waals surface area contributed by atoms with Crippen LogP contribution in [0, 0.1) is 6.92 Å². The summed E-state index contributed by atoms with van der Waals surface area (Å²) in [6.45, 7) is 1.97. The standard InChI is InChI=1S/C9H10N2O/c1-6-4-8-7(10-5-6)2-3-9(12)11-8/h4-5H,2-3H2,1H3,(H,11,12). The zero-order chi connectivity index (χ0) is 8.55. The Morgan fingerprint density at radius 1 is 1.50 bits per heavy atom. The van der Waals surface area contributed by atoms with Crippen molar-refractivity contribution < 1.29 is 4.79 Å². The number of rotatable bonds is 0. The SMILES string of the molecule is Cc1cnc2c(c1)NC(=O)CC2. The number of anilines is 1. The summed E-state index contributed by atoms with van der Waals surface area (Å²) < 4.78 is 0. The third kappa shape index (κ3) is 1.18. The molecule has 0 saturated carbocycles. The van der Waals surface area contributed by atoms with E-state index in [2.05, 4.69) is 10.3 Å². The molecule has 0 aromatic carbocycles. The monoisotopic (exact) mass is 162 g/mol. The van der Waals surface area contributed by atoms with Gasteiger partial charge in [-0.2, -0.15) is 0 Å². The highest BCUT2D eigenvalue weighted by atomic mass is 16.1. The minimum atomic E-state index is 0.0925. The second-order valence-corrected chi connectivity index (χ2v) is 3.06. The number of fused-ring (bicyclic) bond motifs is 1. The van der Waals surface area contributed by atoms with Gasteiger partial charge in [0.05, 0.1) is 11.4 Å². The second-order valence-electron chi connectivity index (χ2n) is 3.06. The van der Waals surface area contributed by atoms with Crippen LogP contribution in [0.4, 0.5) is 5.69 Å². The molecule has 1 aromatic heterocycles. The van der Waals surface area contributed by atoms with Gasteiger partial charge in [-0.1, -0.05) is 0 Å². The van der Waals surface area contributed by atoms with Crippen LogP contribution in [-0.2, 0) is 11.2 Å². The minimum absolute atomic E-state index is 0.0925. The van der Waals surface area contributed by atoms with Gasteiger partial charge >= 0.3 is 0 Å². The highest BCUT2D eigenvalue weighted by Gasteiger charge is 2.14. The first-order valence-corrected chi connectivity index (χ1v) is 4.01. The number of aryl methyl sites for hydroxylation is 2. The number of nitrogens with zero attached hydrogens (tertiary/aromatic N) is 1. The number of nitrogens with one attached hydrogen (secondary N) is 1. The van der Waals surface area contributed by atoms with Crippen LogP contribution >= 0.6 is 0 Å². The van der Waals surface area contributed by atoms with Crippen LogP contribution in [0.25, 0.3) is 0 Å². The van der Waals surface area contributed by atoms with Gasteiger partial charge in [0.25, 0.3) is 0 Å². The number of hydrogen-bond donors (Lipinski definition) is 1. The van der Waals surface area contributed by atoms with E-state index in [9.17, 15) is 4.79 Å². The fraction of sp³-hybridized carbons (Fsp3) is 0.333. The molecule has 12 heavy (non-hydrogen) atoms. The van der Waals surface area contributed by atoms with E-state index in [0.717, 1.165) is 23.4 Å². The third-order valence-electron chi connectivity index (χ3n) is 1.97. The zero-order valence-electron chi connectivity index (χ0n) is 6.92. The van der Waals surface area contributed by atoms with Crippen LogP contribution < -0.4 is 5.32 Å². The molecule has 1 amide bonds. The largest absolute Gasteiger partial charge is 0.324 e. The van der Waals surface area contributed by atoms with Gasteiger partial charge in [-0.25, -0.2) is 0 Å². The molecule has 1 N–H and O–H groups in total. The Morgan fingerprint density at radius 3 is 3.17 bits per heavy atom. The lowest BCUT2D eigenvalue weighted by Crippen LogP contribution is -2.19. The molecule has 1 aliphatic rings. The maximum atomic E-state index is 11.0. The summed E-state index contributed by atoms with van der Waals surface area (Å²) in [6.07, 6.45) is 3.15. The molecule has 0 atom stereocenters. The van der Waals surface area contributed by atoms with E-state index in [0.29, 0.717) is 6.42 Å². The molecular weight excluding hydrogens is 152 g/mol. The summed E-state index contributed by atoms with van der Waals surface area (Å²) in [4.78, 5) is 15.2. The Morgan fingerprint density at radius 2 is 2.33 bits per heavy atom. The quantitative estimate of drug-likeness (QED) is 0.624. The molecule has 0 radical (unpaired) electrons. The number of carbonyl (C=O) groups excluding carboxylic acids is 1. The van der Waals surface area contributed by atoms with Crippen LogP contribution in [0.15, 0.2) is 12.3 Å². The van der Waals surface area contributed by atoms with E-state index < -0.39 is 0 Å². The van der Waals surface area contributed by atoms with Crippen LogP contribution in [0.2, 0.25) is 0 Å². The highest BCUT2D eigenvalue weighted by Crippen LogP contribution is 2.20. The molecular formula is C9H10N2O. The summed E-state index contributed by atoms with van der Waals surface area (Å²) in [6, 6.07) is 1.96. The molecule has 0 unspecified atom stereocenters. The molecule has 1 aliphatic heterocycles. The van der Waals surface area contributed by atoms with E-state index >= 15 is 0 Å². The molecule has 0 aliphatic carbocycles. The van der Waals surface area contributed by atoms with Crippen LogP contribution in [-0.4, -0.2) is 10.9 Å². The van der Waals surface area contributed by atoms with E-state index in [1.165, 1.54) is 0 Å². The highest BCUT2D eigenvalue weighted by molar-refractivity contribution is 5.93. The van der Waals surface area contributed by atoms with Gasteiger partial charge in [-0.3, -0.25) is 9.78 Å². The predicted molar refractivity (Wildman–Crippen MR) is 45.9 cm³/mol. The van der Waals surface area contributed by atoms with Crippen molar-refractivity contribution >= 4 is 11.6 Å². The van der Waals surface area contributed by atoms with Crippen LogP contribution in [0.5, 0.6) is 0 Å². The maximum Gasteiger partial charge on any atom is 0.224 e. The smallest absolute Gasteiger partial charge is 0.224 e. The second kappa shape index (κ2) is 2.59. The van der Waals surface area contributed by atoms with E-state index in [4.69, 9.17) is 0 Å². The Hall–Kier alpha value is -1.38. The van der Waals surface area contributed by atoms with Gasteiger partial charge in [0.1, 0.15) is 0 Å². The van der Waals surface area contributed by atoms with Crippen molar-refractivity contribution in [2.24, 2.45) is 0 Å². The molecule has 0 saturated heterocycles. The van der Waals surface area contributed by atoms with Gasteiger partial charge in [0.15, 0.2) is 0 Å². The van der Waals surface area contributed by atoms with Crippen LogP contribution in [0.1, 0.15) is 17.7 Å². The van der Waals surface area contributed by atoms with Crippen molar-refractivity contribution in [3.05, 3.63) is 23.5 Å². The predicted octanol–water partition coefficient (Wildman–Crippen LogP) is 1.27. The average molecular weight is 162 g/mol. The van der Waals surface area contributed by atoms with Crippen molar-refractivity contribution in [1.29, 1.82) is 0 Å². The number of pyridine rings is 1. The summed E-state index contributed by atoms with van der Waals surface area (Å²) in [5.41, 5.74) is 2.96. The van der Waals surface area contributed by atoms with Crippen LogP contribution in [0.3, 0.4) is 0 Å². The first kappa shape index (κ1) is 7.28. The van der Waals surface area contributed by atoms with Gasteiger partial charge < -0.3 is 5.32 Å². The van der Waals surface area contributed by atoms with Gasteiger partial charge in [0.2, 0.25) is 5.91 Å². The Balaban J connectivity index is 2.44. The molecule has 3 heteroatoms. The van der Waals surface area contributed by atoms with E-state index in [-0.39, 0.29) is 5.91 Å². The van der Waals surface area contributed by atoms with Gasteiger partial charge in [-0.05, 0) is 18.6 Å². The van der Waals surface area contributed by atoms with Gasteiger partial charge in [0, 0.05) is 19.0 Å². The fourth-order valence-electron chi connectivity index (χ4n) is 1.35. The summed E-state index contributed by atoms with van der Waals surface area (Å²) in [7, 11) is 0.